The van der Waals surface area contributed by atoms with Gasteiger partial charge in [-0.15, -0.1) is 0 Å². The minimum Gasteiger partial charge on any atom is -0.300 e. The van der Waals surface area contributed by atoms with Crippen LogP contribution in [0.25, 0.3) is 0 Å². The quantitative estimate of drug-likeness (QED) is 0.769. The summed E-state index contributed by atoms with van der Waals surface area (Å²) >= 11 is 0. The van der Waals surface area contributed by atoms with Crippen LogP contribution in [0, 0.1) is 17.8 Å². The molecule has 24 heavy (non-hydrogen) atoms. The molecule has 2 aliphatic carbocycles. The van der Waals surface area contributed by atoms with Crippen molar-refractivity contribution in [1.29, 1.82) is 0 Å². The van der Waals surface area contributed by atoms with Gasteiger partial charge in [0.1, 0.15) is 0 Å². The number of fused-ring (bicyclic) bond motifs is 2. The van der Waals surface area contributed by atoms with E-state index in [0.717, 1.165) is 43.0 Å². The van der Waals surface area contributed by atoms with Gasteiger partial charge in [0.25, 0.3) is 0 Å². The molecule has 4 nitrogen and oxygen atoms in total. The van der Waals surface area contributed by atoms with Crippen molar-refractivity contribution in [3.05, 3.63) is 48.0 Å². The Hall–Kier alpha value is -1.17. The van der Waals surface area contributed by atoms with Crippen LogP contribution in [0.4, 0.5) is 0 Å². The Bertz CT molecular complexity index is 693. The van der Waals surface area contributed by atoms with Crippen LogP contribution in [0.3, 0.4) is 0 Å². The third-order valence-corrected chi connectivity index (χ3v) is 7.68. The van der Waals surface area contributed by atoms with Crippen molar-refractivity contribution in [1.82, 2.24) is 9.21 Å². The second-order valence-electron chi connectivity index (χ2n) is 7.48. The monoisotopic (exact) mass is 346 g/mol. The fraction of sp³-hybridized carbons (Fsp3) is 0.579. The molecular weight excluding hydrogens is 320 g/mol. The Morgan fingerprint density at radius 3 is 2.33 bits per heavy atom. The van der Waals surface area contributed by atoms with Crippen molar-refractivity contribution in [3.8, 4) is 0 Å². The second-order valence-corrected chi connectivity index (χ2v) is 9.45. The average Bonchev–Trinajstić information content (AvgIpc) is 3.19. The summed E-state index contributed by atoms with van der Waals surface area (Å²) in [7, 11) is -3.20. The molecule has 1 heterocycles. The first-order valence-electron chi connectivity index (χ1n) is 9.02. The highest BCUT2D eigenvalue weighted by Gasteiger charge is 2.37. The summed E-state index contributed by atoms with van der Waals surface area (Å²) in [6, 6.07) is 9.48. The molecule has 0 amide bonds. The Labute approximate surface area is 145 Å². The van der Waals surface area contributed by atoms with E-state index in [9.17, 15) is 8.42 Å². The van der Waals surface area contributed by atoms with Crippen LogP contribution in [-0.4, -0.2) is 50.3 Å². The molecule has 3 atom stereocenters. The van der Waals surface area contributed by atoms with Crippen LogP contribution in [-0.2, 0) is 15.8 Å². The molecule has 0 aromatic heterocycles. The van der Waals surface area contributed by atoms with Gasteiger partial charge in [0.15, 0.2) is 0 Å². The molecule has 4 rings (SSSR count). The minimum absolute atomic E-state index is 0.116. The van der Waals surface area contributed by atoms with E-state index < -0.39 is 10.0 Å². The van der Waals surface area contributed by atoms with E-state index in [-0.39, 0.29) is 5.75 Å². The fourth-order valence-electron chi connectivity index (χ4n) is 4.50. The van der Waals surface area contributed by atoms with Gasteiger partial charge in [-0.2, -0.15) is 4.31 Å². The molecular formula is C19H26N2O2S. The average molecular weight is 346 g/mol. The molecule has 1 aromatic rings. The van der Waals surface area contributed by atoms with Crippen LogP contribution in [0.2, 0.25) is 0 Å². The van der Waals surface area contributed by atoms with Crippen LogP contribution in [0.5, 0.6) is 0 Å². The van der Waals surface area contributed by atoms with Crippen LogP contribution in [0.15, 0.2) is 42.5 Å². The van der Waals surface area contributed by atoms with Gasteiger partial charge in [-0.05, 0) is 36.2 Å². The van der Waals surface area contributed by atoms with E-state index in [1.165, 1.54) is 12.8 Å². The molecule has 1 saturated carbocycles. The molecule has 1 saturated heterocycles. The van der Waals surface area contributed by atoms with Gasteiger partial charge in [0.2, 0.25) is 10.0 Å². The number of allylic oxidation sites excluding steroid dienone is 2. The number of piperazine rings is 1. The maximum absolute atomic E-state index is 12.6. The zero-order valence-corrected chi connectivity index (χ0v) is 14.9. The third kappa shape index (κ3) is 3.44. The van der Waals surface area contributed by atoms with E-state index in [1.807, 2.05) is 30.3 Å². The summed E-state index contributed by atoms with van der Waals surface area (Å²) < 4.78 is 26.9. The first kappa shape index (κ1) is 16.3. The number of benzene rings is 1. The number of sulfonamides is 1. The lowest BCUT2D eigenvalue weighted by molar-refractivity contribution is 0.156. The van der Waals surface area contributed by atoms with E-state index in [0.29, 0.717) is 13.1 Å². The van der Waals surface area contributed by atoms with Gasteiger partial charge in [0.05, 0.1) is 5.75 Å². The van der Waals surface area contributed by atoms with Crippen LogP contribution >= 0.6 is 0 Å². The Morgan fingerprint density at radius 2 is 1.71 bits per heavy atom. The highest BCUT2D eigenvalue weighted by Crippen LogP contribution is 2.43. The molecule has 0 unspecified atom stereocenters. The molecule has 2 bridgehead atoms. The predicted octanol–water partition coefficient (Wildman–Crippen LogP) is 2.35. The summed E-state index contributed by atoms with van der Waals surface area (Å²) in [6.07, 6.45) is 7.46. The largest absolute Gasteiger partial charge is 0.300 e. The molecule has 130 valence electrons. The summed E-state index contributed by atoms with van der Waals surface area (Å²) in [5.41, 5.74) is 0.869. The number of nitrogens with zero attached hydrogens (tertiary/aromatic N) is 2. The molecule has 0 radical (unpaired) electrons. The molecule has 0 N–H and O–H groups in total. The van der Waals surface area contributed by atoms with Gasteiger partial charge >= 0.3 is 0 Å². The van der Waals surface area contributed by atoms with E-state index in [2.05, 4.69) is 17.1 Å². The summed E-state index contributed by atoms with van der Waals surface area (Å²) in [5, 5.41) is 0. The molecule has 1 aliphatic heterocycles. The number of hydrogen-bond acceptors (Lipinski definition) is 3. The minimum atomic E-state index is -3.20. The van der Waals surface area contributed by atoms with E-state index >= 15 is 0 Å². The molecule has 2 fully saturated rings. The van der Waals surface area contributed by atoms with Gasteiger partial charge in [0, 0.05) is 32.7 Å². The normalized spacial score (nSPS) is 30.9. The Morgan fingerprint density at radius 1 is 0.958 bits per heavy atom. The van der Waals surface area contributed by atoms with E-state index in [1.54, 1.807) is 4.31 Å². The van der Waals surface area contributed by atoms with E-state index in [4.69, 9.17) is 0 Å². The lowest BCUT2D eigenvalue weighted by Gasteiger charge is -2.36. The lowest BCUT2D eigenvalue weighted by Crippen LogP contribution is -2.50. The molecule has 5 heteroatoms. The summed E-state index contributed by atoms with van der Waals surface area (Å²) in [4.78, 5) is 2.47. The molecule has 1 aromatic carbocycles. The maximum atomic E-state index is 12.6. The van der Waals surface area contributed by atoms with Crippen molar-refractivity contribution in [2.45, 2.75) is 18.6 Å². The van der Waals surface area contributed by atoms with Crippen LogP contribution < -0.4 is 0 Å². The first-order valence-corrected chi connectivity index (χ1v) is 10.6. The highest BCUT2D eigenvalue weighted by molar-refractivity contribution is 7.88. The standard InChI is InChI=1S/C19H26N2O2S/c22-24(23,15-16-4-2-1-3-5-16)21-10-8-20(9-11-21)14-19-13-17-6-7-18(19)12-17/h1-7,17-19H,8-15H2/t17-,18+,19+/m0/s1. The molecule has 0 spiro atoms. The maximum Gasteiger partial charge on any atom is 0.218 e. The van der Waals surface area contributed by atoms with Crippen molar-refractivity contribution in [2.24, 2.45) is 17.8 Å². The van der Waals surface area contributed by atoms with Crippen molar-refractivity contribution < 1.29 is 8.42 Å². The van der Waals surface area contributed by atoms with Gasteiger partial charge in [-0.1, -0.05) is 42.5 Å². The Balaban J connectivity index is 1.30. The Kier molecular flexibility index (Phi) is 4.50. The first-order chi connectivity index (χ1) is 11.6. The smallest absolute Gasteiger partial charge is 0.218 e. The number of rotatable bonds is 5. The summed E-state index contributed by atoms with van der Waals surface area (Å²) in [6.45, 7) is 4.13. The zero-order valence-electron chi connectivity index (χ0n) is 14.0. The fourth-order valence-corrected chi connectivity index (χ4v) is 6.02. The number of hydrogen-bond donors (Lipinski definition) is 0. The molecule has 3 aliphatic rings. The van der Waals surface area contributed by atoms with Gasteiger partial charge in [-0.3, -0.25) is 0 Å². The van der Waals surface area contributed by atoms with Gasteiger partial charge < -0.3 is 4.90 Å². The third-order valence-electron chi connectivity index (χ3n) is 5.83. The van der Waals surface area contributed by atoms with Gasteiger partial charge in [-0.25, -0.2) is 8.42 Å². The lowest BCUT2D eigenvalue weighted by atomic mass is 9.93. The van der Waals surface area contributed by atoms with Crippen molar-refractivity contribution in [3.63, 3.8) is 0 Å². The predicted molar refractivity (Wildman–Crippen MR) is 95.9 cm³/mol. The second kappa shape index (κ2) is 6.62. The highest BCUT2D eigenvalue weighted by atomic mass is 32.2. The summed E-state index contributed by atoms with van der Waals surface area (Å²) in [5.74, 6) is 2.49. The topological polar surface area (TPSA) is 40.6 Å². The van der Waals surface area contributed by atoms with Crippen molar-refractivity contribution >= 4 is 10.0 Å². The van der Waals surface area contributed by atoms with Crippen LogP contribution in [0.1, 0.15) is 18.4 Å². The zero-order chi connectivity index (χ0) is 16.6. The van der Waals surface area contributed by atoms with Crippen molar-refractivity contribution in [2.75, 3.05) is 32.7 Å². The SMILES string of the molecule is O=S(=O)(Cc1ccccc1)N1CCN(C[C@H]2C[C@H]3C=C[C@@H]2C3)CC1.